The van der Waals surface area contributed by atoms with Crippen molar-refractivity contribution in [2.45, 2.75) is 10.9 Å². The summed E-state index contributed by atoms with van der Waals surface area (Å²) in [6.45, 7) is 1.02. The van der Waals surface area contributed by atoms with E-state index < -0.39 is 14.9 Å². The molecule has 0 aliphatic carbocycles. The van der Waals surface area contributed by atoms with Crippen LogP contribution in [0.3, 0.4) is 0 Å². The Bertz CT molecular complexity index is 595. The van der Waals surface area contributed by atoms with E-state index in [2.05, 4.69) is 0 Å². The second kappa shape index (κ2) is 4.19. The van der Waals surface area contributed by atoms with Crippen LogP contribution in [0.2, 0.25) is 0 Å². The number of anilines is 1. The van der Waals surface area contributed by atoms with Crippen LogP contribution >= 0.6 is 0 Å². The minimum atomic E-state index is -3.95. The maximum absolute atomic E-state index is 11.1. The quantitative estimate of drug-likeness (QED) is 0.557. The first-order valence-corrected chi connectivity index (χ1v) is 6.65. The Kier molecular flexibility index (Phi) is 2.97. The van der Waals surface area contributed by atoms with Crippen LogP contribution in [-0.2, 0) is 10.0 Å². The highest BCUT2D eigenvalue weighted by Gasteiger charge is 2.29. The average molecular weight is 272 g/mol. The van der Waals surface area contributed by atoms with Gasteiger partial charge in [-0.25, -0.2) is 13.6 Å². The molecule has 98 valence electrons. The van der Waals surface area contributed by atoms with Crippen LogP contribution in [0.5, 0.6) is 0 Å². The summed E-state index contributed by atoms with van der Waals surface area (Å²) in [5.74, 6) is 0. The monoisotopic (exact) mass is 272 g/mol. The Morgan fingerprint density at radius 3 is 2.44 bits per heavy atom. The number of nitrogens with two attached hydrogens (primary N) is 2. The van der Waals surface area contributed by atoms with Crippen LogP contribution in [0.15, 0.2) is 23.1 Å². The van der Waals surface area contributed by atoms with Gasteiger partial charge in [0.05, 0.1) is 9.82 Å². The highest BCUT2D eigenvalue weighted by atomic mass is 32.2. The summed E-state index contributed by atoms with van der Waals surface area (Å²) >= 11 is 0. The number of primary sulfonamides is 1. The number of sulfonamides is 1. The molecular formula is C9H12N4O4S. The van der Waals surface area contributed by atoms with Crippen LogP contribution in [-0.4, -0.2) is 32.5 Å². The van der Waals surface area contributed by atoms with Crippen molar-refractivity contribution < 1.29 is 13.3 Å². The Balaban J connectivity index is 2.46. The molecule has 1 fully saturated rings. The first kappa shape index (κ1) is 12.7. The third kappa shape index (κ3) is 2.28. The first-order valence-electron chi connectivity index (χ1n) is 5.11. The highest BCUT2D eigenvalue weighted by molar-refractivity contribution is 7.89. The van der Waals surface area contributed by atoms with Crippen molar-refractivity contribution in [3.8, 4) is 0 Å². The molecule has 1 aromatic carbocycles. The van der Waals surface area contributed by atoms with Gasteiger partial charge in [0.2, 0.25) is 10.0 Å². The lowest BCUT2D eigenvalue weighted by atomic mass is 10.1. The Morgan fingerprint density at radius 2 is 2.00 bits per heavy atom. The Hall–Kier alpha value is -1.71. The van der Waals surface area contributed by atoms with Gasteiger partial charge < -0.3 is 10.6 Å². The molecule has 1 aliphatic rings. The van der Waals surface area contributed by atoms with Crippen molar-refractivity contribution >= 4 is 21.4 Å². The summed E-state index contributed by atoms with van der Waals surface area (Å²) in [5.41, 5.74) is 5.68. The number of nitro benzene ring substituents is 1. The topological polar surface area (TPSA) is 133 Å². The summed E-state index contributed by atoms with van der Waals surface area (Å²) in [7, 11) is -3.95. The van der Waals surface area contributed by atoms with E-state index in [0.717, 1.165) is 6.07 Å². The zero-order valence-electron chi connectivity index (χ0n) is 9.31. The Morgan fingerprint density at radius 1 is 1.39 bits per heavy atom. The molecule has 0 unspecified atom stereocenters. The van der Waals surface area contributed by atoms with E-state index in [0.29, 0.717) is 18.8 Å². The molecule has 1 aliphatic heterocycles. The number of rotatable bonds is 3. The highest BCUT2D eigenvalue weighted by Crippen LogP contribution is 2.32. The van der Waals surface area contributed by atoms with E-state index in [1.54, 1.807) is 4.90 Å². The fourth-order valence-corrected chi connectivity index (χ4v) is 2.34. The molecule has 1 aromatic rings. The van der Waals surface area contributed by atoms with Gasteiger partial charge in [0.25, 0.3) is 5.69 Å². The van der Waals surface area contributed by atoms with E-state index >= 15 is 0 Å². The average Bonchev–Trinajstić information content (AvgIpc) is 2.22. The lowest BCUT2D eigenvalue weighted by molar-refractivity contribution is -0.384. The van der Waals surface area contributed by atoms with Gasteiger partial charge in [-0.1, -0.05) is 0 Å². The number of benzene rings is 1. The molecule has 2 rings (SSSR count). The number of hydrogen-bond acceptors (Lipinski definition) is 6. The molecule has 8 nitrogen and oxygen atoms in total. The SMILES string of the molecule is NC1CN(c2ccc(S(N)(=O)=O)cc2[N+](=O)[O-])C1. The van der Waals surface area contributed by atoms with Gasteiger partial charge in [-0.15, -0.1) is 0 Å². The van der Waals surface area contributed by atoms with Crippen LogP contribution in [0, 0.1) is 10.1 Å². The van der Waals surface area contributed by atoms with Gasteiger partial charge in [-0.3, -0.25) is 10.1 Å². The van der Waals surface area contributed by atoms with Crippen molar-refractivity contribution in [3.05, 3.63) is 28.3 Å². The summed E-state index contributed by atoms with van der Waals surface area (Å²) in [5, 5.41) is 15.9. The lowest BCUT2D eigenvalue weighted by Crippen LogP contribution is -2.56. The molecular weight excluding hydrogens is 260 g/mol. The zero-order chi connectivity index (χ0) is 13.5. The molecule has 18 heavy (non-hydrogen) atoms. The molecule has 1 heterocycles. The second-order valence-corrected chi connectivity index (χ2v) is 5.68. The number of hydrogen-bond donors (Lipinski definition) is 2. The van der Waals surface area contributed by atoms with Crippen molar-refractivity contribution in [1.29, 1.82) is 0 Å². The fourth-order valence-electron chi connectivity index (χ4n) is 1.80. The maximum atomic E-state index is 11.1. The van der Waals surface area contributed by atoms with Gasteiger partial charge in [-0.05, 0) is 12.1 Å². The molecule has 0 radical (unpaired) electrons. The van der Waals surface area contributed by atoms with E-state index in [1.807, 2.05) is 0 Å². The molecule has 0 aromatic heterocycles. The number of nitrogens with zero attached hydrogens (tertiary/aromatic N) is 2. The molecule has 0 atom stereocenters. The minimum absolute atomic E-state index is 0.0116. The van der Waals surface area contributed by atoms with Gasteiger partial charge in [0, 0.05) is 25.2 Å². The third-order valence-electron chi connectivity index (χ3n) is 2.72. The molecule has 0 amide bonds. The smallest absolute Gasteiger partial charge is 0.293 e. The maximum Gasteiger partial charge on any atom is 0.293 e. The molecule has 0 spiro atoms. The van der Waals surface area contributed by atoms with Gasteiger partial charge in [0.15, 0.2) is 0 Å². The van der Waals surface area contributed by atoms with E-state index in [4.69, 9.17) is 10.9 Å². The second-order valence-electron chi connectivity index (χ2n) is 4.12. The first-order chi connectivity index (χ1) is 8.29. The van der Waals surface area contributed by atoms with Crippen LogP contribution < -0.4 is 15.8 Å². The van der Waals surface area contributed by atoms with Crippen LogP contribution in [0.1, 0.15) is 0 Å². The summed E-state index contributed by atoms with van der Waals surface area (Å²) in [6.07, 6.45) is 0. The van der Waals surface area contributed by atoms with Crippen molar-refractivity contribution in [2.24, 2.45) is 10.9 Å². The molecule has 0 bridgehead atoms. The van der Waals surface area contributed by atoms with Crippen molar-refractivity contribution in [1.82, 2.24) is 0 Å². The van der Waals surface area contributed by atoms with Gasteiger partial charge >= 0.3 is 0 Å². The number of nitro groups is 1. The van der Waals surface area contributed by atoms with Crippen molar-refractivity contribution in [3.63, 3.8) is 0 Å². The van der Waals surface area contributed by atoms with E-state index in [-0.39, 0.29) is 16.6 Å². The molecule has 0 saturated carbocycles. The Labute approximate surface area is 103 Å². The van der Waals surface area contributed by atoms with E-state index in [9.17, 15) is 18.5 Å². The van der Waals surface area contributed by atoms with Crippen molar-refractivity contribution in [2.75, 3.05) is 18.0 Å². The van der Waals surface area contributed by atoms with E-state index in [1.165, 1.54) is 12.1 Å². The predicted molar refractivity (Wildman–Crippen MR) is 64.7 cm³/mol. The minimum Gasteiger partial charge on any atom is -0.363 e. The third-order valence-corrected chi connectivity index (χ3v) is 3.63. The lowest BCUT2D eigenvalue weighted by Gasteiger charge is -2.38. The summed E-state index contributed by atoms with van der Waals surface area (Å²) in [6, 6.07) is 3.59. The van der Waals surface area contributed by atoms with Crippen LogP contribution in [0.4, 0.5) is 11.4 Å². The van der Waals surface area contributed by atoms with Gasteiger partial charge in [-0.2, -0.15) is 0 Å². The zero-order valence-corrected chi connectivity index (χ0v) is 10.1. The summed E-state index contributed by atoms with van der Waals surface area (Å²) < 4.78 is 22.3. The largest absolute Gasteiger partial charge is 0.363 e. The van der Waals surface area contributed by atoms with Crippen LogP contribution in [0.25, 0.3) is 0 Å². The summed E-state index contributed by atoms with van der Waals surface area (Å²) in [4.78, 5) is 11.8. The normalized spacial score (nSPS) is 16.4. The molecule has 4 N–H and O–H groups in total. The predicted octanol–water partition coefficient (Wildman–Crippen LogP) is -0.610. The standard InChI is InChI=1S/C9H12N4O4S/c10-6-4-12(5-6)8-2-1-7(18(11,16)17)3-9(8)13(14)15/h1-3,6H,4-5,10H2,(H2,11,16,17). The fraction of sp³-hybridized carbons (Fsp3) is 0.333. The molecule has 1 saturated heterocycles. The molecule has 9 heteroatoms. The van der Waals surface area contributed by atoms with Gasteiger partial charge in [0.1, 0.15) is 5.69 Å².